The average molecular weight is 393 g/mol. The van der Waals surface area contributed by atoms with E-state index < -0.39 is 32.4 Å². The Kier molecular flexibility index (Phi) is 4.86. The number of sulfonamides is 1. The summed E-state index contributed by atoms with van der Waals surface area (Å²) in [7, 11) is -3.26. The van der Waals surface area contributed by atoms with Crippen molar-refractivity contribution in [3.63, 3.8) is 0 Å². The van der Waals surface area contributed by atoms with Gasteiger partial charge in [0.2, 0.25) is 10.0 Å². The molecule has 0 atom stereocenters. The van der Waals surface area contributed by atoms with Gasteiger partial charge in [0.15, 0.2) is 0 Å². The van der Waals surface area contributed by atoms with Crippen molar-refractivity contribution in [2.24, 2.45) is 0 Å². The van der Waals surface area contributed by atoms with Crippen LogP contribution in [0.15, 0.2) is 18.2 Å². The van der Waals surface area contributed by atoms with Gasteiger partial charge in [-0.3, -0.25) is 10.1 Å². The van der Waals surface area contributed by atoms with E-state index in [1.165, 1.54) is 4.31 Å². The normalized spacial score (nSPS) is 20.1. The molecule has 0 aromatic heterocycles. The first-order valence-electron chi connectivity index (χ1n) is 8.20. The smallest absolute Gasteiger partial charge is 0.377 e. The molecule has 1 aliphatic carbocycles. The summed E-state index contributed by atoms with van der Waals surface area (Å²) in [4.78, 5) is 10.3. The van der Waals surface area contributed by atoms with Gasteiger partial charge in [0.1, 0.15) is 5.69 Å². The van der Waals surface area contributed by atoms with E-state index in [0.717, 1.165) is 12.1 Å². The van der Waals surface area contributed by atoms with Crippen LogP contribution < -0.4 is 5.32 Å². The third-order valence-electron chi connectivity index (χ3n) is 4.64. The molecular formula is C15H18F3N3O4S. The summed E-state index contributed by atoms with van der Waals surface area (Å²) in [5.74, 6) is 0. The Morgan fingerprint density at radius 1 is 1.15 bits per heavy atom. The highest BCUT2D eigenvalue weighted by Crippen LogP contribution is 2.36. The Hall–Kier alpha value is -1.88. The summed E-state index contributed by atoms with van der Waals surface area (Å²) < 4.78 is 64.1. The van der Waals surface area contributed by atoms with Crippen LogP contribution in [0, 0.1) is 10.1 Å². The van der Waals surface area contributed by atoms with Crippen LogP contribution in [-0.2, 0) is 16.2 Å². The lowest BCUT2D eigenvalue weighted by Crippen LogP contribution is -2.43. The van der Waals surface area contributed by atoms with Gasteiger partial charge in [0.05, 0.1) is 15.7 Å². The van der Waals surface area contributed by atoms with Crippen LogP contribution in [0.25, 0.3) is 0 Å². The maximum absolute atomic E-state index is 12.7. The second-order valence-corrected chi connectivity index (χ2v) is 8.76. The molecule has 0 bridgehead atoms. The molecule has 2 aliphatic rings. The molecule has 0 radical (unpaired) electrons. The number of halogens is 3. The standard InChI is InChI=1S/C15H18F3N3O4S/c16-15(17,18)10-1-4-13(14(9-10)21(22)23)19-11-5-7-20(8-6-11)26(24,25)12-2-3-12/h1,4,9,11-12,19H,2-3,5-8H2. The molecule has 1 saturated heterocycles. The molecule has 2 fully saturated rings. The third-order valence-corrected chi connectivity index (χ3v) is 7.04. The number of hydrogen-bond donors (Lipinski definition) is 1. The first-order valence-corrected chi connectivity index (χ1v) is 9.70. The van der Waals surface area contributed by atoms with E-state index in [4.69, 9.17) is 0 Å². The largest absolute Gasteiger partial charge is 0.416 e. The first-order chi connectivity index (χ1) is 12.1. The van der Waals surface area contributed by atoms with Crippen LogP contribution in [0.4, 0.5) is 24.5 Å². The van der Waals surface area contributed by atoms with E-state index >= 15 is 0 Å². The van der Waals surface area contributed by atoms with Gasteiger partial charge in [-0.1, -0.05) is 0 Å². The number of rotatable bonds is 5. The number of nitrogens with one attached hydrogen (secondary N) is 1. The van der Waals surface area contributed by atoms with E-state index in [9.17, 15) is 31.7 Å². The molecule has 1 aromatic rings. The zero-order chi connectivity index (χ0) is 19.1. The molecule has 7 nitrogen and oxygen atoms in total. The number of alkyl halides is 3. The molecular weight excluding hydrogens is 375 g/mol. The molecule has 3 rings (SSSR count). The summed E-state index contributed by atoms with van der Waals surface area (Å²) in [5.41, 5.74) is -1.72. The summed E-state index contributed by atoms with van der Waals surface area (Å²) in [6, 6.07) is 2.11. The van der Waals surface area contributed by atoms with Gasteiger partial charge in [-0.2, -0.15) is 13.2 Å². The van der Waals surface area contributed by atoms with Crippen molar-refractivity contribution in [2.75, 3.05) is 18.4 Å². The lowest BCUT2D eigenvalue weighted by Gasteiger charge is -2.32. The average Bonchev–Trinajstić information content (AvgIpc) is 3.40. The van der Waals surface area contributed by atoms with Gasteiger partial charge in [0, 0.05) is 25.2 Å². The van der Waals surface area contributed by atoms with Crippen molar-refractivity contribution in [3.05, 3.63) is 33.9 Å². The number of benzene rings is 1. The van der Waals surface area contributed by atoms with Crippen LogP contribution in [0.1, 0.15) is 31.2 Å². The fourth-order valence-electron chi connectivity index (χ4n) is 3.03. The van der Waals surface area contributed by atoms with Crippen molar-refractivity contribution >= 4 is 21.4 Å². The van der Waals surface area contributed by atoms with Crippen LogP contribution in [0.5, 0.6) is 0 Å². The van der Waals surface area contributed by atoms with E-state index in [-0.39, 0.29) is 17.0 Å². The molecule has 0 unspecified atom stereocenters. The summed E-state index contributed by atoms with van der Waals surface area (Å²) in [5, 5.41) is 13.7. The van der Waals surface area contributed by atoms with Gasteiger partial charge in [0.25, 0.3) is 5.69 Å². The van der Waals surface area contributed by atoms with Crippen molar-refractivity contribution in [1.82, 2.24) is 4.31 Å². The minimum absolute atomic E-state index is 0.00602. The summed E-state index contributed by atoms with van der Waals surface area (Å²) in [6.07, 6.45) is -2.43. The predicted molar refractivity (Wildman–Crippen MR) is 88.3 cm³/mol. The molecule has 0 amide bonds. The molecule has 1 aliphatic heterocycles. The monoisotopic (exact) mass is 393 g/mol. The molecule has 1 aromatic carbocycles. The van der Waals surface area contributed by atoms with Crippen molar-refractivity contribution < 1.29 is 26.5 Å². The molecule has 0 spiro atoms. The van der Waals surface area contributed by atoms with Gasteiger partial charge in [-0.05, 0) is 37.8 Å². The molecule has 1 N–H and O–H groups in total. The van der Waals surface area contributed by atoms with Crippen molar-refractivity contribution in [2.45, 2.75) is 43.2 Å². The number of piperidine rings is 1. The number of anilines is 1. The molecule has 1 saturated carbocycles. The van der Waals surface area contributed by atoms with Gasteiger partial charge >= 0.3 is 6.18 Å². The Morgan fingerprint density at radius 3 is 2.27 bits per heavy atom. The Bertz CT molecular complexity index is 801. The van der Waals surface area contributed by atoms with E-state index in [2.05, 4.69) is 5.32 Å². The van der Waals surface area contributed by atoms with Crippen molar-refractivity contribution in [1.29, 1.82) is 0 Å². The van der Waals surface area contributed by atoms with Gasteiger partial charge < -0.3 is 5.32 Å². The summed E-state index contributed by atoms with van der Waals surface area (Å²) >= 11 is 0. The highest BCUT2D eigenvalue weighted by atomic mass is 32.2. The minimum atomic E-state index is -4.66. The molecule has 144 valence electrons. The van der Waals surface area contributed by atoms with E-state index in [1.54, 1.807) is 0 Å². The Morgan fingerprint density at radius 2 is 1.77 bits per heavy atom. The maximum atomic E-state index is 12.7. The van der Waals surface area contributed by atoms with Crippen LogP contribution in [0.3, 0.4) is 0 Å². The topological polar surface area (TPSA) is 92.6 Å². The minimum Gasteiger partial charge on any atom is -0.377 e. The Labute approximate surface area is 148 Å². The number of nitro benzene ring substituents is 1. The molecule has 11 heteroatoms. The third kappa shape index (κ3) is 3.93. The van der Waals surface area contributed by atoms with Gasteiger partial charge in [-0.15, -0.1) is 0 Å². The Balaban J connectivity index is 1.69. The van der Waals surface area contributed by atoms with E-state index in [1.807, 2.05) is 0 Å². The zero-order valence-corrected chi connectivity index (χ0v) is 14.5. The van der Waals surface area contributed by atoms with E-state index in [0.29, 0.717) is 44.8 Å². The highest BCUT2D eigenvalue weighted by Gasteiger charge is 2.41. The van der Waals surface area contributed by atoms with Crippen LogP contribution in [0.2, 0.25) is 0 Å². The quantitative estimate of drug-likeness (QED) is 0.613. The second-order valence-electron chi connectivity index (χ2n) is 6.55. The lowest BCUT2D eigenvalue weighted by molar-refractivity contribution is -0.384. The number of nitro groups is 1. The first kappa shape index (κ1) is 18.9. The highest BCUT2D eigenvalue weighted by molar-refractivity contribution is 7.90. The van der Waals surface area contributed by atoms with Gasteiger partial charge in [-0.25, -0.2) is 12.7 Å². The number of nitrogens with zero attached hydrogens (tertiary/aromatic N) is 2. The fourth-order valence-corrected chi connectivity index (χ4v) is 4.91. The summed E-state index contributed by atoms with van der Waals surface area (Å²) in [6.45, 7) is 0.593. The van der Waals surface area contributed by atoms with Crippen molar-refractivity contribution in [3.8, 4) is 0 Å². The zero-order valence-electron chi connectivity index (χ0n) is 13.7. The molecule has 26 heavy (non-hydrogen) atoms. The second kappa shape index (κ2) is 6.69. The maximum Gasteiger partial charge on any atom is 0.416 e. The van der Waals surface area contributed by atoms with Crippen LogP contribution in [-0.4, -0.2) is 42.0 Å². The number of hydrogen-bond acceptors (Lipinski definition) is 5. The SMILES string of the molecule is O=[N+]([O-])c1cc(C(F)(F)F)ccc1NC1CCN(S(=O)(=O)C2CC2)CC1. The molecule has 1 heterocycles. The fraction of sp³-hybridized carbons (Fsp3) is 0.600. The van der Waals surface area contributed by atoms with Crippen LogP contribution >= 0.6 is 0 Å². The lowest BCUT2D eigenvalue weighted by atomic mass is 10.1. The predicted octanol–water partition coefficient (Wildman–Crippen LogP) is 2.98.